The van der Waals surface area contributed by atoms with E-state index in [4.69, 9.17) is 23.2 Å². The first-order chi connectivity index (χ1) is 8.04. The minimum atomic E-state index is -0.658. The Bertz CT molecular complexity index is 616. The maximum Gasteiger partial charge on any atom is 0.356 e. The smallest absolute Gasteiger partial charge is 0.356 e. The Morgan fingerprint density at radius 2 is 2.12 bits per heavy atom. The molecule has 0 fully saturated rings. The van der Waals surface area contributed by atoms with Crippen molar-refractivity contribution in [1.29, 1.82) is 0 Å². The van der Waals surface area contributed by atoms with Crippen LogP contribution in [0.1, 0.15) is 10.5 Å². The largest absolute Gasteiger partial charge is 0.464 e. The van der Waals surface area contributed by atoms with E-state index < -0.39 is 11.8 Å². The zero-order chi connectivity index (χ0) is 12.6. The van der Waals surface area contributed by atoms with Crippen LogP contribution in [0, 0.1) is 5.82 Å². The highest BCUT2D eigenvalue weighted by atomic mass is 35.5. The van der Waals surface area contributed by atoms with Crippen molar-refractivity contribution >= 4 is 40.1 Å². The van der Waals surface area contributed by atoms with E-state index in [9.17, 15) is 9.18 Å². The molecule has 0 aliphatic carbocycles. The predicted octanol–water partition coefficient (Wildman–Crippen LogP) is 3.47. The molecule has 0 amide bonds. The van der Waals surface area contributed by atoms with Gasteiger partial charge in [-0.05, 0) is 18.2 Å². The van der Waals surface area contributed by atoms with Gasteiger partial charge in [0.25, 0.3) is 0 Å². The van der Waals surface area contributed by atoms with E-state index in [-0.39, 0.29) is 21.3 Å². The molecule has 0 aliphatic rings. The molecular weight excluding hydrogens is 268 g/mol. The van der Waals surface area contributed by atoms with Crippen LogP contribution in [-0.2, 0) is 4.74 Å². The summed E-state index contributed by atoms with van der Waals surface area (Å²) in [5.41, 5.74) is 0.122. The summed E-state index contributed by atoms with van der Waals surface area (Å²) in [7, 11) is 1.22. The van der Waals surface area contributed by atoms with Gasteiger partial charge in [-0.2, -0.15) is 0 Å². The predicted molar refractivity (Wildman–Crippen MR) is 63.1 cm³/mol. The number of fused-ring (bicyclic) bond motifs is 1. The van der Waals surface area contributed by atoms with Gasteiger partial charge < -0.3 is 4.74 Å². The summed E-state index contributed by atoms with van der Waals surface area (Å²) in [5, 5.41) is 0.568. The number of nitrogens with zero attached hydrogens (tertiary/aromatic N) is 1. The molecule has 0 radical (unpaired) electrons. The van der Waals surface area contributed by atoms with Crippen LogP contribution in [-0.4, -0.2) is 18.1 Å². The Kier molecular flexibility index (Phi) is 3.17. The number of esters is 1. The summed E-state index contributed by atoms with van der Waals surface area (Å²) in [6.45, 7) is 0. The molecule has 0 N–H and O–H groups in total. The maximum absolute atomic E-state index is 13.3. The number of carbonyl (C=O) groups is 1. The second-order valence-electron chi connectivity index (χ2n) is 3.24. The van der Waals surface area contributed by atoms with Crippen LogP contribution in [0.25, 0.3) is 10.9 Å². The molecule has 0 aliphatic heterocycles. The summed E-state index contributed by atoms with van der Waals surface area (Å²) >= 11 is 11.7. The first-order valence-corrected chi connectivity index (χ1v) is 5.32. The number of hydrogen-bond donors (Lipinski definition) is 0. The highest BCUT2D eigenvalue weighted by molar-refractivity contribution is 6.39. The quantitative estimate of drug-likeness (QED) is 0.747. The molecule has 2 aromatic rings. The number of pyridine rings is 1. The first-order valence-electron chi connectivity index (χ1n) is 4.57. The van der Waals surface area contributed by atoms with Gasteiger partial charge in [0.05, 0.1) is 17.6 Å². The third-order valence-electron chi connectivity index (χ3n) is 2.22. The van der Waals surface area contributed by atoms with E-state index in [1.165, 1.54) is 25.3 Å². The normalized spacial score (nSPS) is 10.6. The van der Waals surface area contributed by atoms with Crippen molar-refractivity contribution in [3.05, 3.63) is 39.8 Å². The van der Waals surface area contributed by atoms with Gasteiger partial charge in [0.15, 0.2) is 5.69 Å². The van der Waals surface area contributed by atoms with Crippen LogP contribution in [0.2, 0.25) is 10.0 Å². The molecular formula is C11H6Cl2FNO2. The van der Waals surface area contributed by atoms with Crippen molar-refractivity contribution in [3.8, 4) is 0 Å². The van der Waals surface area contributed by atoms with Crippen molar-refractivity contribution in [1.82, 2.24) is 4.98 Å². The molecule has 1 aromatic carbocycles. The van der Waals surface area contributed by atoms with E-state index in [0.29, 0.717) is 5.39 Å². The van der Waals surface area contributed by atoms with E-state index in [1.54, 1.807) is 0 Å². The summed E-state index contributed by atoms with van der Waals surface area (Å²) in [4.78, 5) is 15.3. The third-order valence-corrected chi connectivity index (χ3v) is 2.89. The number of rotatable bonds is 1. The topological polar surface area (TPSA) is 39.2 Å². The fourth-order valence-electron chi connectivity index (χ4n) is 1.40. The van der Waals surface area contributed by atoms with Crippen molar-refractivity contribution in [2.24, 2.45) is 0 Å². The molecule has 1 heterocycles. The molecule has 0 saturated heterocycles. The molecule has 0 unspecified atom stereocenters. The molecule has 0 atom stereocenters. The first kappa shape index (κ1) is 12.1. The Hall–Kier alpha value is -1.39. The van der Waals surface area contributed by atoms with Crippen LogP contribution in [0.3, 0.4) is 0 Å². The molecule has 1 aromatic heterocycles. The fraction of sp³-hybridized carbons (Fsp3) is 0.0909. The van der Waals surface area contributed by atoms with Crippen LogP contribution in [0.5, 0.6) is 0 Å². The number of aromatic nitrogens is 1. The van der Waals surface area contributed by atoms with Crippen LogP contribution in [0.15, 0.2) is 18.2 Å². The molecule has 0 spiro atoms. The highest BCUT2D eigenvalue weighted by Gasteiger charge is 2.15. The number of methoxy groups -OCH3 is 1. The Morgan fingerprint density at radius 3 is 2.76 bits per heavy atom. The number of benzene rings is 1. The highest BCUT2D eigenvalue weighted by Crippen LogP contribution is 2.30. The lowest BCUT2D eigenvalue weighted by molar-refractivity contribution is 0.0594. The molecule has 0 bridgehead atoms. The number of halogens is 3. The van der Waals surface area contributed by atoms with Crippen molar-refractivity contribution in [3.63, 3.8) is 0 Å². The standard InChI is InChI=1S/C11H6Cl2FNO2/c1-17-11(16)8-4-6(12)5-2-3-7(14)9(13)10(5)15-8/h2-4H,1H3. The number of ether oxygens (including phenoxy) is 1. The van der Waals surface area contributed by atoms with E-state index in [1.807, 2.05) is 0 Å². The zero-order valence-corrected chi connectivity index (χ0v) is 10.1. The monoisotopic (exact) mass is 273 g/mol. The minimum absolute atomic E-state index is 0.0162. The number of carbonyl (C=O) groups excluding carboxylic acids is 1. The van der Waals surface area contributed by atoms with Gasteiger partial charge in [-0.25, -0.2) is 14.2 Å². The summed E-state index contributed by atoms with van der Waals surface area (Å²) in [6.07, 6.45) is 0. The maximum atomic E-state index is 13.3. The SMILES string of the molecule is COC(=O)c1cc(Cl)c2ccc(F)c(Cl)c2n1. The second-order valence-corrected chi connectivity index (χ2v) is 4.02. The summed E-state index contributed by atoms with van der Waals surface area (Å²) < 4.78 is 17.8. The van der Waals surface area contributed by atoms with Gasteiger partial charge in [-0.1, -0.05) is 23.2 Å². The van der Waals surface area contributed by atoms with E-state index in [2.05, 4.69) is 9.72 Å². The van der Waals surface area contributed by atoms with E-state index >= 15 is 0 Å². The second kappa shape index (κ2) is 4.47. The Balaban J connectivity index is 2.79. The van der Waals surface area contributed by atoms with E-state index in [0.717, 1.165) is 0 Å². The summed E-state index contributed by atoms with van der Waals surface area (Å²) in [5.74, 6) is -1.28. The zero-order valence-electron chi connectivity index (χ0n) is 8.63. The van der Waals surface area contributed by atoms with Crippen LogP contribution >= 0.6 is 23.2 Å². The van der Waals surface area contributed by atoms with Gasteiger partial charge in [-0.15, -0.1) is 0 Å². The lowest BCUT2D eigenvalue weighted by atomic mass is 10.2. The van der Waals surface area contributed by atoms with Gasteiger partial charge >= 0.3 is 5.97 Å². The lowest BCUT2D eigenvalue weighted by Crippen LogP contribution is -2.04. The van der Waals surface area contributed by atoms with Gasteiger partial charge in [0, 0.05) is 5.39 Å². The lowest BCUT2D eigenvalue weighted by Gasteiger charge is -2.05. The Morgan fingerprint density at radius 1 is 1.41 bits per heavy atom. The molecule has 3 nitrogen and oxygen atoms in total. The third kappa shape index (κ3) is 2.06. The van der Waals surface area contributed by atoms with Gasteiger partial charge in [0.2, 0.25) is 0 Å². The minimum Gasteiger partial charge on any atom is -0.464 e. The average molecular weight is 274 g/mol. The van der Waals surface area contributed by atoms with Crippen LogP contribution < -0.4 is 0 Å². The average Bonchev–Trinajstić information content (AvgIpc) is 2.33. The molecule has 6 heteroatoms. The molecule has 0 saturated carbocycles. The van der Waals surface area contributed by atoms with Gasteiger partial charge in [0.1, 0.15) is 10.8 Å². The fourth-order valence-corrected chi connectivity index (χ4v) is 1.86. The van der Waals surface area contributed by atoms with Crippen molar-refractivity contribution in [2.75, 3.05) is 7.11 Å². The number of hydrogen-bond acceptors (Lipinski definition) is 3. The van der Waals surface area contributed by atoms with Crippen molar-refractivity contribution in [2.45, 2.75) is 0 Å². The molecule has 2 rings (SSSR count). The molecule has 17 heavy (non-hydrogen) atoms. The van der Waals surface area contributed by atoms with Crippen molar-refractivity contribution < 1.29 is 13.9 Å². The Labute approximate surface area is 106 Å². The molecule has 88 valence electrons. The van der Waals surface area contributed by atoms with Crippen LogP contribution in [0.4, 0.5) is 4.39 Å². The summed E-state index contributed by atoms with van der Waals surface area (Å²) in [6, 6.07) is 3.99. The van der Waals surface area contributed by atoms with Gasteiger partial charge in [-0.3, -0.25) is 0 Å².